The second kappa shape index (κ2) is 5.41. The number of benzene rings is 2. The molecule has 0 aliphatic carbocycles. The van der Waals surface area contributed by atoms with Gasteiger partial charge < -0.3 is 5.32 Å². The van der Waals surface area contributed by atoms with Gasteiger partial charge in [0.15, 0.2) is 5.82 Å². The van der Waals surface area contributed by atoms with Crippen LogP contribution in [0.4, 0.5) is 10.2 Å². The van der Waals surface area contributed by atoms with Gasteiger partial charge in [-0.25, -0.2) is 14.4 Å². The summed E-state index contributed by atoms with van der Waals surface area (Å²) in [5.74, 6) is 1.08. The van der Waals surface area contributed by atoms with Gasteiger partial charge in [-0.2, -0.15) is 0 Å². The van der Waals surface area contributed by atoms with Crippen molar-refractivity contribution in [1.29, 1.82) is 0 Å². The zero-order valence-corrected chi connectivity index (χ0v) is 13.2. The maximum Gasteiger partial charge on any atom is 0.162 e. The molecule has 0 amide bonds. The third kappa shape index (κ3) is 2.61. The number of aryl methyl sites for hydroxylation is 1. The van der Waals surface area contributed by atoms with Crippen molar-refractivity contribution >= 4 is 32.7 Å². The van der Waals surface area contributed by atoms with Crippen LogP contribution in [0.3, 0.4) is 0 Å². The van der Waals surface area contributed by atoms with Gasteiger partial charge in [0.1, 0.15) is 11.6 Å². The van der Waals surface area contributed by atoms with E-state index in [1.807, 2.05) is 32.2 Å². The molecule has 0 bridgehead atoms. The van der Waals surface area contributed by atoms with E-state index in [1.54, 1.807) is 6.07 Å². The average Bonchev–Trinajstić information content (AvgIpc) is 2.46. The Morgan fingerprint density at radius 1 is 1.10 bits per heavy atom. The lowest BCUT2D eigenvalue weighted by molar-refractivity contribution is 0.627. The largest absolute Gasteiger partial charge is 0.373 e. The minimum atomic E-state index is -0.255. The van der Waals surface area contributed by atoms with Crippen molar-refractivity contribution in [1.82, 2.24) is 9.97 Å². The summed E-state index contributed by atoms with van der Waals surface area (Å²) in [7, 11) is 1.82. The molecule has 3 nitrogen and oxygen atoms in total. The van der Waals surface area contributed by atoms with Crippen LogP contribution >= 0.6 is 15.9 Å². The molecule has 0 fully saturated rings. The molecule has 0 spiro atoms. The summed E-state index contributed by atoms with van der Waals surface area (Å²) in [6, 6.07) is 10.5. The zero-order chi connectivity index (χ0) is 15.0. The highest BCUT2D eigenvalue weighted by Crippen LogP contribution is 2.28. The molecule has 3 rings (SSSR count). The van der Waals surface area contributed by atoms with Gasteiger partial charge in [-0.15, -0.1) is 0 Å². The predicted octanol–water partition coefficient (Wildman–Crippen LogP) is 4.55. The Balaban J connectivity index is 2.26. The highest BCUT2D eigenvalue weighted by atomic mass is 79.9. The zero-order valence-electron chi connectivity index (χ0n) is 11.6. The molecule has 3 aromatic rings. The number of nitrogens with zero attached hydrogens (tertiary/aromatic N) is 2. The normalized spacial score (nSPS) is 10.9. The number of hydrogen-bond donors (Lipinski definition) is 1. The molecule has 0 unspecified atom stereocenters. The fourth-order valence-corrected chi connectivity index (χ4v) is 2.65. The SMILES string of the molecule is CNc1nc(-c2ccc(F)cc2C)nc2ccc(Br)cc12. The summed E-state index contributed by atoms with van der Waals surface area (Å²) >= 11 is 3.45. The van der Waals surface area contributed by atoms with Crippen LogP contribution in [0.15, 0.2) is 40.9 Å². The van der Waals surface area contributed by atoms with E-state index in [2.05, 4.69) is 31.2 Å². The lowest BCUT2D eigenvalue weighted by atomic mass is 10.1. The number of anilines is 1. The van der Waals surface area contributed by atoms with Gasteiger partial charge in [0.2, 0.25) is 0 Å². The second-order valence-corrected chi connectivity index (χ2v) is 5.68. The standard InChI is InChI=1S/C16H13BrFN3/c1-9-7-11(18)4-5-12(9)16-20-14-6-3-10(17)8-13(14)15(19-2)21-16/h3-8H,1-2H3,(H,19,20,21). The number of rotatable bonds is 2. The highest BCUT2D eigenvalue weighted by molar-refractivity contribution is 9.10. The molecule has 0 atom stereocenters. The molecule has 1 N–H and O–H groups in total. The smallest absolute Gasteiger partial charge is 0.162 e. The lowest BCUT2D eigenvalue weighted by Crippen LogP contribution is -2.00. The molecule has 0 aliphatic rings. The summed E-state index contributed by atoms with van der Waals surface area (Å²) < 4.78 is 14.2. The molecule has 0 saturated carbocycles. The first-order valence-electron chi connectivity index (χ1n) is 6.50. The second-order valence-electron chi connectivity index (χ2n) is 4.77. The van der Waals surface area contributed by atoms with Crippen LogP contribution in [-0.2, 0) is 0 Å². The maximum absolute atomic E-state index is 13.2. The summed E-state index contributed by atoms with van der Waals surface area (Å²) in [6.45, 7) is 1.85. The van der Waals surface area contributed by atoms with Crippen molar-refractivity contribution in [3.8, 4) is 11.4 Å². The Morgan fingerprint density at radius 2 is 1.90 bits per heavy atom. The third-order valence-electron chi connectivity index (χ3n) is 3.32. The van der Waals surface area contributed by atoms with Crippen LogP contribution in [0.2, 0.25) is 0 Å². The topological polar surface area (TPSA) is 37.8 Å². The lowest BCUT2D eigenvalue weighted by Gasteiger charge is -2.10. The molecule has 0 radical (unpaired) electrons. The fourth-order valence-electron chi connectivity index (χ4n) is 2.29. The molecule has 0 aliphatic heterocycles. The summed E-state index contributed by atoms with van der Waals surface area (Å²) in [5.41, 5.74) is 2.49. The Bertz CT molecular complexity index is 833. The van der Waals surface area contributed by atoms with Gasteiger partial charge in [-0.05, 0) is 48.9 Å². The molecular weight excluding hydrogens is 333 g/mol. The first-order chi connectivity index (χ1) is 10.1. The molecule has 0 saturated heterocycles. The number of aromatic nitrogens is 2. The first kappa shape index (κ1) is 13.9. The Kier molecular flexibility index (Phi) is 3.59. The quantitative estimate of drug-likeness (QED) is 0.740. The van der Waals surface area contributed by atoms with Crippen molar-refractivity contribution in [3.05, 3.63) is 52.3 Å². The molecule has 21 heavy (non-hydrogen) atoms. The van der Waals surface area contributed by atoms with E-state index in [0.717, 1.165) is 32.3 Å². The summed E-state index contributed by atoms with van der Waals surface area (Å²) in [4.78, 5) is 9.15. The molecular formula is C16H13BrFN3. The Labute approximate surface area is 130 Å². The van der Waals surface area contributed by atoms with E-state index in [9.17, 15) is 4.39 Å². The molecule has 2 aromatic carbocycles. The van der Waals surface area contributed by atoms with E-state index in [-0.39, 0.29) is 5.82 Å². The molecule has 1 heterocycles. The third-order valence-corrected chi connectivity index (χ3v) is 3.82. The predicted molar refractivity (Wildman–Crippen MR) is 86.9 cm³/mol. The van der Waals surface area contributed by atoms with Crippen LogP contribution in [0.25, 0.3) is 22.3 Å². The van der Waals surface area contributed by atoms with Gasteiger partial charge in [0, 0.05) is 22.5 Å². The van der Waals surface area contributed by atoms with Crippen molar-refractivity contribution in [2.75, 3.05) is 12.4 Å². The average molecular weight is 346 g/mol. The van der Waals surface area contributed by atoms with Gasteiger partial charge in [0.05, 0.1) is 5.52 Å². The maximum atomic E-state index is 13.2. The minimum Gasteiger partial charge on any atom is -0.373 e. The van der Waals surface area contributed by atoms with Gasteiger partial charge in [-0.1, -0.05) is 15.9 Å². The minimum absolute atomic E-state index is 0.255. The monoisotopic (exact) mass is 345 g/mol. The van der Waals surface area contributed by atoms with Crippen molar-refractivity contribution in [2.24, 2.45) is 0 Å². The van der Waals surface area contributed by atoms with Crippen molar-refractivity contribution < 1.29 is 4.39 Å². The van der Waals surface area contributed by atoms with Crippen LogP contribution < -0.4 is 5.32 Å². The molecule has 106 valence electrons. The number of nitrogens with one attached hydrogen (secondary N) is 1. The number of fused-ring (bicyclic) bond motifs is 1. The van der Waals surface area contributed by atoms with Crippen LogP contribution in [-0.4, -0.2) is 17.0 Å². The number of halogens is 2. The van der Waals surface area contributed by atoms with Crippen LogP contribution in [0, 0.1) is 12.7 Å². The molecule has 1 aromatic heterocycles. The van der Waals surface area contributed by atoms with Gasteiger partial charge in [-0.3, -0.25) is 0 Å². The number of hydrogen-bond acceptors (Lipinski definition) is 3. The Hall–Kier alpha value is -2.01. The van der Waals surface area contributed by atoms with E-state index >= 15 is 0 Å². The van der Waals surface area contributed by atoms with Gasteiger partial charge >= 0.3 is 0 Å². The van der Waals surface area contributed by atoms with Gasteiger partial charge in [0.25, 0.3) is 0 Å². The van der Waals surface area contributed by atoms with E-state index in [1.165, 1.54) is 12.1 Å². The van der Waals surface area contributed by atoms with E-state index in [0.29, 0.717) is 5.82 Å². The fraction of sp³-hybridized carbons (Fsp3) is 0.125. The Morgan fingerprint density at radius 3 is 2.62 bits per heavy atom. The van der Waals surface area contributed by atoms with Crippen molar-refractivity contribution in [3.63, 3.8) is 0 Å². The first-order valence-corrected chi connectivity index (χ1v) is 7.29. The van der Waals surface area contributed by atoms with E-state index in [4.69, 9.17) is 0 Å². The summed E-state index contributed by atoms with van der Waals surface area (Å²) in [5, 5.41) is 4.03. The van der Waals surface area contributed by atoms with Crippen molar-refractivity contribution in [2.45, 2.75) is 6.92 Å². The van der Waals surface area contributed by atoms with Crippen LogP contribution in [0.5, 0.6) is 0 Å². The highest BCUT2D eigenvalue weighted by Gasteiger charge is 2.11. The van der Waals surface area contributed by atoms with E-state index < -0.39 is 0 Å². The van der Waals surface area contributed by atoms with Crippen LogP contribution in [0.1, 0.15) is 5.56 Å². The molecule has 5 heteroatoms. The summed E-state index contributed by atoms with van der Waals surface area (Å²) in [6.07, 6.45) is 0.